The van der Waals surface area contributed by atoms with E-state index in [2.05, 4.69) is 17.3 Å². The number of nitro benzene ring substituents is 1. The van der Waals surface area contributed by atoms with Gasteiger partial charge in [-0.15, -0.1) is 0 Å². The van der Waals surface area contributed by atoms with Crippen LogP contribution in [0.2, 0.25) is 0 Å². The average molecular weight is 279 g/mol. The smallest absolute Gasteiger partial charge is 0.273 e. The molecule has 0 bridgehead atoms. The summed E-state index contributed by atoms with van der Waals surface area (Å²) in [6.07, 6.45) is 2.23. The zero-order valence-electron chi connectivity index (χ0n) is 12.0. The van der Waals surface area contributed by atoms with Gasteiger partial charge in [-0.25, -0.2) is 0 Å². The van der Waals surface area contributed by atoms with E-state index in [1.54, 1.807) is 6.07 Å². The second-order valence-electron chi connectivity index (χ2n) is 5.19. The van der Waals surface area contributed by atoms with Gasteiger partial charge in [-0.1, -0.05) is 0 Å². The second kappa shape index (κ2) is 6.67. The van der Waals surface area contributed by atoms with Gasteiger partial charge in [-0.05, 0) is 44.6 Å². The summed E-state index contributed by atoms with van der Waals surface area (Å²) in [4.78, 5) is 12.8. The number of hydrogen-bond acceptors (Lipinski definition) is 5. The fourth-order valence-corrected chi connectivity index (χ4v) is 2.62. The molecule has 0 radical (unpaired) electrons. The molecule has 0 atom stereocenters. The summed E-state index contributed by atoms with van der Waals surface area (Å²) in [6, 6.07) is 5.47. The molecule has 2 rings (SSSR count). The molecule has 110 valence electrons. The van der Waals surface area contributed by atoms with Crippen LogP contribution in [-0.4, -0.2) is 43.1 Å². The molecule has 0 aromatic heterocycles. The van der Waals surface area contributed by atoms with Gasteiger partial charge in [0.05, 0.1) is 18.1 Å². The third kappa shape index (κ3) is 3.68. The molecule has 1 aliphatic heterocycles. The van der Waals surface area contributed by atoms with Crippen molar-refractivity contribution in [2.45, 2.75) is 25.4 Å². The van der Waals surface area contributed by atoms with Crippen LogP contribution in [0.5, 0.6) is 5.75 Å². The number of hydrogen-bond donors (Lipinski definition) is 1. The lowest BCUT2D eigenvalue weighted by Gasteiger charge is -2.31. The quantitative estimate of drug-likeness (QED) is 0.657. The third-order valence-electron chi connectivity index (χ3n) is 3.76. The van der Waals surface area contributed by atoms with Gasteiger partial charge in [0.2, 0.25) is 0 Å². The van der Waals surface area contributed by atoms with Gasteiger partial charge in [-0.2, -0.15) is 0 Å². The molecule has 0 amide bonds. The Morgan fingerprint density at radius 1 is 1.40 bits per heavy atom. The predicted molar refractivity (Wildman–Crippen MR) is 77.0 cm³/mol. The first kappa shape index (κ1) is 14.7. The first-order valence-electron chi connectivity index (χ1n) is 6.83. The molecule has 0 unspecified atom stereocenters. The monoisotopic (exact) mass is 279 g/mol. The third-order valence-corrected chi connectivity index (χ3v) is 3.76. The van der Waals surface area contributed by atoms with E-state index in [9.17, 15) is 10.1 Å². The standard InChI is InChI=1S/C14H21N3O3/c1-16(12-3-5-15-6-4-12)10-11-7-13(17(18)19)9-14(8-11)20-2/h7-9,12,15H,3-6,10H2,1-2H3. The Morgan fingerprint density at radius 3 is 2.70 bits per heavy atom. The van der Waals surface area contributed by atoms with Crippen LogP contribution < -0.4 is 10.1 Å². The van der Waals surface area contributed by atoms with Gasteiger partial charge in [-0.3, -0.25) is 15.0 Å². The molecule has 0 aliphatic carbocycles. The molecule has 6 heteroatoms. The van der Waals surface area contributed by atoms with Crippen LogP contribution in [0.25, 0.3) is 0 Å². The molecule has 1 heterocycles. The zero-order valence-corrected chi connectivity index (χ0v) is 12.0. The molecule has 1 N–H and O–H groups in total. The van der Waals surface area contributed by atoms with Crippen molar-refractivity contribution in [3.63, 3.8) is 0 Å². The van der Waals surface area contributed by atoms with Crippen molar-refractivity contribution in [1.82, 2.24) is 10.2 Å². The van der Waals surface area contributed by atoms with Crippen LogP contribution in [-0.2, 0) is 6.54 Å². The topological polar surface area (TPSA) is 67.6 Å². The molecular formula is C14H21N3O3. The zero-order chi connectivity index (χ0) is 14.5. The van der Waals surface area contributed by atoms with E-state index < -0.39 is 0 Å². The van der Waals surface area contributed by atoms with E-state index in [-0.39, 0.29) is 10.6 Å². The van der Waals surface area contributed by atoms with Gasteiger partial charge in [0.25, 0.3) is 5.69 Å². The average Bonchev–Trinajstić information content (AvgIpc) is 2.47. The van der Waals surface area contributed by atoms with Gasteiger partial charge in [0.1, 0.15) is 5.75 Å². The Morgan fingerprint density at radius 2 is 2.10 bits per heavy atom. The molecule has 6 nitrogen and oxygen atoms in total. The molecule has 1 aliphatic rings. The summed E-state index contributed by atoms with van der Waals surface area (Å²) in [7, 11) is 3.60. The summed E-state index contributed by atoms with van der Waals surface area (Å²) in [5, 5.41) is 14.3. The summed E-state index contributed by atoms with van der Waals surface area (Å²) in [5.74, 6) is 0.535. The molecule has 1 aromatic rings. The van der Waals surface area contributed by atoms with Crippen LogP contribution in [0.4, 0.5) is 5.69 Å². The number of benzene rings is 1. The molecular weight excluding hydrogens is 258 g/mol. The first-order chi connectivity index (χ1) is 9.60. The van der Waals surface area contributed by atoms with Crippen molar-refractivity contribution in [3.05, 3.63) is 33.9 Å². The van der Waals surface area contributed by atoms with Crippen molar-refractivity contribution in [3.8, 4) is 5.75 Å². The number of non-ortho nitro benzene ring substituents is 1. The predicted octanol–water partition coefficient (Wildman–Crippen LogP) is 1.79. The van der Waals surface area contributed by atoms with Crippen LogP contribution in [0.3, 0.4) is 0 Å². The summed E-state index contributed by atoms with van der Waals surface area (Å²) in [5.41, 5.74) is 0.996. The Bertz CT molecular complexity index is 473. The maximum absolute atomic E-state index is 10.9. The van der Waals surface area contributed by atoms with E-state index in [1.165, 1.54) is 13.2 Å². The van der Waals surface area contributed by atoms with Gasteiger partial charge >= 0.3 is 0 Å². The van der Waals surface area contributed by atoms with E-state index >= 15 is 0 Å². The number of nitro groups is 1. The molecule has 1 saturated heterocycles. The highest BCUT2D eigenvalue weighted by Gasteiger charge is 2.19. The Hall–Kier alpha value is -1.66. The van der Waals surface area contributed by atoms with Crippen LogP contribution >= 0.6 is 0 Å². The van der Waals surface area contributed by atoms with Crippen molar-refractivity contribution in [1.29, 1.82) is 0 Å². The summed E-state index contributed by atoms with van der Waals surface area (Å²) < 4.78 is 5.14. The Labute approximate surface area is 118 Å². The highest BCUT2D eigenvalue weighted by molar-refractivity contribution is 5.42. The molecule has 1 fully saturated rings. The molecule has 0 saturated carbocycles. The Kier molecular flexibility index (Phi) is 4.92. The number of ether oxygens (including phenoxy) is 1. The Balaban J connectivity index is 2.11. The second-order valence-corrected chi connectivity index (χ2v) is 5.19. The highest BCUT2D eigenvalue weighted by Crippen LogP contribution is 2.24. The van der Waals surface area contributed by atoms with Crippen LogP contribution in [0.1, 0.15) is 18.4 Å². The van der Waals surface area contributed by atoms with Crippen molar-refractivity contribution in [2.24, 2.45) is 0 Å². The SMILES string of the molecule is COc1cc(CN(C)C2CCNCC2)cc([N+](=O)[O-])c1. The lowest BCUT2D eigenvalue weighted by molar-refractivity contribution is -0.385. The lowest BCUT2D eigenvalue weighted by Crippen LogP contribution is -2.40. The van der Waals surface area contributed by atoms with Gasteiger partial charge < -0.3 is 10.1 Å². The number of methoxy groups -OCH3 is 1. The van der Waals surface area contributed by atoms with Crippen molar-refractivity contribution in [2.75, 3.05) is 27.2 Å². The van der Waals surface area contributed by atoms with Crippen LogP contribution in [0.15, 0.2) is 18.2 Å². The van der Waals surface area contributed by atoms with Crippen molar-refractivity contribution >= 4 is 5.69 Å². The van der Waals surface area contributed by atoms with Crippen LogP contribution in [0, 0.1) is 10.1 Å². The minimum Gasteiger partial charge on any atom is -0.496 e. The van der Waals surface area contributed by atoms with E-state index in [0.29, 0.717) is 18.3 Å². The van der Waals surface area contributed by atoms with E-state index in [4.69, 9.17) is 4.74 Å². The number of nitrogens with one attached hydrogen (secondary N) is 1. The summed E-state index contributed by atoms with van der Waals surface area (Å²) in [6.45, 7) is 2.77. The largest absolute Gasteiger partial charge is 0.496 e. The van der Waals surface area contributed by atoms with Gasteiger partial charge in [0, 0.05) is 18.7 Å². The van der Waals surface area contributed by atoms with E-state index in [1.807, 2.05) is 6.07 Å². The van der Waals surface area contributed by atoms with E-state index in [0.717, 1.165) is 31.5 Å². The highest BCUT2D eigenvalue weighted by atomic mass is 16.6. The van der Waals surface area contributed by atoms with Crippen molar-refractivity contribution < 1.29 is 9.66 Å². The first-order valence-corrected chi connectivity index (χ1v) is 6.83. The normalized spacial score (nSPS) is 16.4. The maximum atomic E-state index is 10.9. The fourth-order valence-electron chi connectivity index (χ4n) is 2.62. The maximum Gasteiger partial charge on any atom is 0.273 e. The lowest BCUT2D eigenvalue weighted by atomic mass is 10.0. The molecule has 1 aromatic carbocycles. The number of piperidine rings is 1. The minimum atomic E-state index is -0.378. The summed E-state index contributed by atoms with van der Waals surface area (Å²) >= 11 is 0. The minimum absolute atomic E-state index is 0.0815. The molecule has 20 heavy (non-hydrogen) atoms. The number of nitrogens with zero attached hydrogens (tertiary/aromatic N) is 2. The fraction of sp³-hybridized carbons (Fsp3) is 0.571. The van der Waals surface area contributed by atoms with Gasteiger partial charge in [0.15, 0.2) is 0 Å². The number of rotatable bonds is 5. The molecule has 0 spiro atoms.